The van der Waals surface area contributed by atoms with Crippen molar-refractivity contribution in [2.45, 2.75) is 24.3 Å². The average molecular weight is 311 g/mol. The Labute approximate surface area is 102 Å². The zero-order chi connectivity index (χ0) is 12.3. The molecule has 0 unspecified atom stereocenters. The number of hydrogen-bond donors (Lipinski definition) is 1. The van der Waals surface area contributed by atoms with Crippen LogP contribution in [0, 0.1) is 5.82 Å². The molecule has 0 spiro atoms. The van der Waals surface area contributed by atoms with E-state index in [2.05, 4.69) is 15.9 Å². The minimum Gasteiger partial charge on any atom is -0.393 e. The van der Waals surface area contributed by atoms with Gasteiger partial charge in [0, 0.05) is 4.47 Å². The van der Waals surface area contributed by atoms with Gasteiger partial charge in [0.05, 0.1) is 11.9 Å². The van der Waals surface area contributed by atoms with E-state index in [1.165, 1.54) is 19.1 Å². The summed E-state index contributed by atoms with van der Waals surface area (Å²) in [4.78, 5) is -0.323. The number of benzene rings is 1. The van der Waals surface area contributed by atoms with Gasteiger partial charge in [-0.2, -0.15) is 0 Å². The molecule has 6 heteroatoms. The lowest BCUT2D eigenvalue weighted by Gasteiger charge is -2.07. The third kappa shape index (κ3) is 3.54. The van der Waals surface area contributed by atoms with Crippen LogP contribution in [0.3, 0.4) is 0 Å². The normalized spacial score (nSPS) is 13.8. The summed E-state index contributed by atoms with van der Waals surface area (Å²) in [5.41, 5.74) is 0. The summed E-state index contributed by atoms with van der Waals surface area (Å²) in [7, 11) is -3.66. The largest absolute Gasteiger partial charge is 0.393 e. The van der Waals surface area contributed by atoms with E-state index in [9.17, 15) is 12.8 Å². The van der Waals surface area contributed by atoms with Crippen LogP contribution in [0.2, 0.25) is 0 Å². The van der Waals surface area contributed by atoms with Crippen molar-refractivity contribution in [1.29, 1.82) is 0 Å². The lowest BCUT2D eigenvalue weighted by atomic mass is 10.3. The number of aliphatic hydroxyl groups is 1. The summed E-state index contributed by atoms with van der Waals surface area (Å²) in [5, 5.41) is 9.01. The Hall–Kier alpha value is -0.460. The summed E-state index contributed by atoms with van der Waals surface area (Å²) in [6, 6.07) is 3.80. The van der Waals surface area contributed by atoms with Gasteiger partial charge in [-0.15, -0.1) is 0 Å². The molecule has 3 nitrogen and oxygen atoms in total. The lowest BCUT2D eigenvalue weighted by molar-refractivity contribution is 0.191. The Kier molecular flexibility index (Phi) is 4.46. The molecule has 0 saturated carbocycles. The molecule has 16 heavy (non-hydrogen) atoms. The molecule has 0 aliphatic carbocycles. The van der Waals surface area contributed by atoms with Crippen molar-refractivity contribution in [1.82, 2.24) is 0 Å². The predicted molar refractivity (Wildman–Crippen MR) is 62.5 cm³/mol. The van der Waals surface area contributed by atoms with Crippen LogP contribution >= 0.6 is 15.9 Å². The molecule has 0 radical (unpaired) electrons. The summed E-state index contributed by atoms with van der Waals surface area (Å²) in [6.45, 7) is 1.49. The van der Waals surface area contributed by atoms with E-state index in [-0.39, 0.29) is 17.1 Å². The molecule has 0 saturated heterocycles. The molecule has 0 aliphatic heterocycles. The van der Waals surface area contributed by atoms with Gasteiger partial charge in [0.2, 0.25) is 0 Å². The molecule has 0 heterocycles. The molecule has 1 N–H and O–H groups in total. The van der Waals surface area contributed by atoms with Gasteiger partial charge in [0.1, 0.15) is 10.7 Å². The van der Waals surface area contributed by atoms with Crippen LogP contribution in [-0.4, -0.2) is 25.4 Å². The molecule has 0 amide bonds. The van der Waals surface area contributed by atoms with Crippen molar-refractivity contribution < 1.29 is 17.9 Å². The van der Waals surface area contributed by atoms with Crippen molar-refractivity contribution in [2.75, 3.05) is 5.75 Å². The van der Waals surface area contributed by atoms with Crippen LogP contribution in [0.15, 0.2) is 27.6 Å². The second kappa shape index (κ2) is 5.25. The lowest BCUT2D eigenvalue weighted by Crippen LogP contribution is -2.13. The Morgan fingerprint density at radius 2 is 2.12 bits per heavy atom. The first-order valence-electron chi connectivity index (χ1n) is 4.69. The number of hydrogen-bond acceptors (Lipinski definition) is 3. The number of sulfone groups is 1. The monoisotopic (exact) mass is 310 g/mol. The van der Waals surface area contributed by atoms with Crippen molar-refractivity contribution >= 4 is 25.8 Å². The second-order valence-electron chi connectivity index (χ2n) is 3.53. The third-order valence-electron chi connectivity index (χ3n) is 2.03. The average Bonchev–Trinajstić information content (AvgIpc) is 2.14. The van der Waals surface area contributed by atoms with E-state index in [4.69, 9.17) is 5.11 Å². The van der Waals surface area contributed by atoms with E-state index in [0.717, 1.165) is 6.07 Å². The number of rotatable bonds is 4. The molecule has 1 atom stereocenters. The quantitative estimate of drug-likeness (QED) is 0.927. The van der Waals surface area contributed by atoms with Gasteiger partial charge in [0.25, 0.3) is 0 Å². The minimum atomic E-state index is -3.66. The molecule has 0 fully saturated rings. The zero-order valence-electron chi connectivity index (χ0n) is 8.65. The van der Waals surface area contributed by atoms with Crippen LogP contribution in [0.5, 0.6) is 0 Å². The Balaban J connectivity index is 2.99. The molecule has 0 aromatic heterocycles. The van der Waals surface area contributed by atoms with Crippen LogP contribution in [0.1, 0.15) is 13.3 Å². The fraction of sp³-hybridized carbons (Fsp3) is 0.400. The Morgan fingerprint density at radius 3 is 2.62 bits per heavy atom. The van der Waals surface area contributed by atoms with Crippen molar-refractivity contribution in [3.05, 3.63) is 28.5 Å². The van der Waals surface area contributed by atoms with Crippen LogP contribution in [0.25, 0.3) is 0 Å². The highest BCUT2D eigenvalue weighted by Crippen LogP contribution is 2.21. The summed E-state index contributed by atoms with van der Waals surface area (Å²) < 4.78 is 37.3. The van der Waals surface area contributed by atoms with Gasteiger partial charge in [-0.1, -0.05) is 15.9 Å². The molecular weight excluding hydrogens is 299 g/mol. The molecule has 0 aliphatic rings. The maximum atomic E-state index is 13.4. The molecular formula is C10H12BrFO3S. The Bertz CT molecular complexity index is 471. The Morgan fingerprint density at radius 1 is 1.50 bits per heavy atom. The van der Waals surface area contributed by atoms with Crippen molar-refractivity contribution in [2.24, 2.45) is 0 Å². The van der Waals surface area contributed by atoms with Crippen LogP contribution < -0.4 is 0 Å². The zero-order valence-corrected chi connectivity index (χ0v) is 11.1. The third-order valence-corrected chi connectivity index (χ3v) is 4.30. The fourth-order valence-corrected chi connectivity index (χ4v) is 3.00. The van der Waals surface area contributed by atoms with Gasteiger partial charge in [-0.25, -0.2) is 12.8 Å². The van der Waals surface area contributed by atoms with Crippen LogP contribution in [-0.2, 0) is 9.84 Å². The first-order valence-corrected chi connectivity index (χ1v) is 7.13. The number of halogens is 2. The van der Waals surface area contributed by atoms with Gasteiger partial charge in [-0.05, 0) is 31.5 Å². The molecule has 1 rings (SSSR count). The maximum Gasteiger partial charge on any atom is 0.181 e. The minimum absolute atomic E-state index is 0.0951. The second-order valence-corrected chi connectivity index (χ2v) is 6.52. The van der Waals surface area contributed by atoms with Crippen molar-refractivity contribution in [3.63, 3.8) is 0 Å². The van der Waals surface area contributed by atoms with E-state index in [1.807, 2.05) is 0 Å². The molecule has 1 aromatic carbocycles. The van der Waals surface area contributed by atoms with E-state index >= 15 is 0 Å². The number of aliphatic hydroxyl groups excluding tert-OH is 1. The van der Waals surface area contributed by atoms with Crippen molar-refractivity contribution in [3.8, 4) is 0 Å². The van der Waals surface area contributed by atoms with Gasteiger partial charge in [-0.3, -0.25) is 0 Å². The highest BCUT2D eigenvalue weighted by atomic mass is 79.9. The molecule has 1 aromatic rings. The standard InChI is InChI=1S/C10H12BrFO3S/c1-7(13)4-5-16(14,15)10-3-2-8(11)6-9(10)12/h2-3,6-7,13H,4-5H2,1H3/t7-/m1/s1. The smallest absolute Gasteiger partial charge is 0.181 e. The van der Waals surface area contributed by atoms with E-state index < -0.39 is 21.8 Å². The highest BCUT2D eigenvalue weighted by molar-refractivity contribution is 9.10. The SMILES string of the molecule is C[C@@H](O)CCS(=O)(=O)c1ccc(Br)cc1F. The first kappa shape index (κ1) is 13.6. The molecule has 90 valence electrons. The van der Waals surface area contributed by atoms with E-state index in [0.29, 0.717) is 4.47 Å². The highest BCUT2D eigenvalue weighted by Gasteiger charge is 2.19. The van der Waals surface area contributed by atoms with Gasteiger partial charge < -0.3 is 5.11 Å². The van der Waals surface area contributed by atoms with Crippen LogP contribution in [0.4, 0.5) is 4.39 Å². The maximum absolute atomic E-state index is 13.4. The first-order chi connectivity index (χ1) is 7.33. The fourth-order valence-electron chi connectivity index (χ4n) is 1.16. The summed E-state index contributed by atoms with van der Waals surface area (Å²) in [5.74, 6) is -1.04. The van der Waals surface area contributed by atoms with E-state index in [1.54, 1.807) is 0 Å². The topological polar surface area (TPSA) is 54.4 Å². The summed E-state index contributed by atoms with van der Waals surface area (Å²) >= 11 is 3.05. The predicted octanol–water partition coefficient (Wildman–Crippen LogP) is 2.13. The summed E-state index contributed by atoms with van der Waals surface area (Å²) in [6.07, 6.45) is -0.619. The van der Waals surface area contributed by atoms with Gasteiger partial charge in [0.15, 0.2) is 9.84 Å². The van der Waals surface area contributed by atoms with Gasteiger partial charge >= 0.3 is 0 Å². The molecule has 0 bridgehead atoms.